The second-order valence-corrected chi connectivity index (χ2v) is 4.63. The molecule has 0 aliphatic rings. The number of aromatic amines is 1. The van der Waals surface area contributed by atoms with Gasteiger partial charge in [0, 0.05) is 24.3 Å². The number of benzene rings is 1. The Bertz CT molecular complexity index is 800. The van der Waals surface area contributed by atoms with E-state index in [1.54, 1.807) is 36.1 Å². The number of nitrogen functional groups attached to an aromatic ring is 1. The fourth-order valence-electron chi connectivity index (χ4n) is 2.11. The molecule has 0 saturated heterocycles. The van der Waals surface area contributed by atoms with E-state index < -0.39 is 0 Å². The van der Waals surface area contributed by atoms with E-state index >= 15 is 0 Å². The lowest BCUT2D eigenvalue weighted by Crippen LogP contribution is -2.13. The Labute approximate surface area is 114 Å². The molecular weight excluding hydrogens is 256 g/mol. The predicted molar refractivity (Wildman–Crippen MR) is 76.4 cm³/mol. The van der Waals surface area contributed by atoms with Gasteiger partial charge in [-0.2, -0.15) is 10.2 Å². The third-order valence-electron chi connectivity index (χ3n) is 3.06. The minimum Gasteiger partial charge on any atom is -0.399 e. The van der Waals surface area contributed by atoms with Crippen molar-refractivity contribution in [2.45, 2.75) is 6.92 Å². The van der Waals surface area contributed by atoms with Gasteiger partial charge < -0.3 is 11.1 Å². The first-order valence-corrected chi connectivity index (χ1v) is 6.10. The molecule has 0 aliphatic carbocycles. The number of amides is 1. The SMILES string of the molecule is Cc1nn(C)cc1NC(=O)c1n[nH]c2ccc(N)cc12. The van der Waals surface area contributed by atoms with Crippen LogP contribution in [-0.4, -0.2) is 25.9 Å². The van der Waals surface area contributed by atoms with Gasteiger partial charge in [0.05, 0.1) is 16.9 Å². The van der Waals surface area contributed by atoms with E-state index in [1.807, 2.05) is 6.92 Å². The molecule has 20 heavy (non-hydrogen) atoms. The molecular formula is C13H14N6O. The van der Waals surface area contributed by atoms with Gasteiger partial charge in [-0.3, -0.25) is 14.6 Å². The fourth-order valence-corrected chi connectivity index (χ4v) is 2.11. The molecule has 3 aromatic rings. The molecule has 0 saturated carbocycles. The normalized spacial score (nSPS) is 10.9. The van der Waals surface area contributed by atoms with Crippen LogP contribution in [0.5, 0.6) is 0 Å². The lowest BCUT2D eigenvalue weighted by molar-refractivity contribution is 0.102. The van der Waals surface area contributed by atoms with Crippen LogP contribution in [0.1, 0.15) is 16.2 Å². The van der Waals surface area contributed by atoms with Crippen molar-refractivity contribution >= 4 is 28.2 Å². The standard InChI is InChI=1S/C13H14N6O/c1-7-11(6-19(2)18-7)15-13(20)12-9-5-8(14)3-4-10(9)16-17-12/h3-6H,14H2,1-2H3,(H,15,20)(H,16,17). The van der Waals surface area contributed by atoms with Crippen LogP contribution in [0.2, 0.25) is 0 Å². The average molecular weight is 270 g/mol. The molecule has 0 atom stereocenters. The Hall–Kier alpha value is -2.83. The number of nitrogens with zero attached hydrogens (tertiary/aromatic N) is 3. The van der Waals surface area contributed by atoms with E-state index in [1.165, 1.54) is 0 Å². The summed E-state index contributed by atoms with van der Waals surface area (Å²) in [4.78, 5) is 12.3. The summed E-state index contributed by atoms with van der Waals surface area (Å²) in [5.41, 5.74) is 8.83. The lowest BCUT2D eigenvalue weighted by atomic mass is 10.2. The second-order valence-electron chi connectivity index (χ2n) is 4.63. The summed E-state index contributed by atoms with van der Waals surface area (Å²) in [5, 5.41) is 14.5. The van der Waals surface area contributed by atoms with Gasteiger partial charge in [0.15, 0.2) is 5.69 Å². The molecule has 0 aliphatic heterocycles. The van der Waals surface area contributed by atoms with E-state index in [4.69, 9.17) is 5.73 Å². The molecule has 4 N–H and O–H groups in total. The van der Waals surface area contributed by atoms with E-state index in [0.29, 0.717) is 22.5 Å². The Kier molecular flexibility index (Phi) is 2.67. The topological polar surface area (TPSA) is 102 Å². The van der Waals surface area contributed by atoms with Crippen LogP contribution in [0, 0.1) is 6.92 Å². The quantitative estimate of drug-likeness (QED) is 0.613. The number of rotatable bonds is 2. The summed E-state index contributed by atoms with van der Waals surface area (Å²) in [7, 11) is 1.80. The minimum atomic E-state index is -0.294. The second kappa shape index (κ2) is 4.37. The molecule has 3 rings (SSSR count). The van der Waals surface area contributed by atoms with Gasteiger partial charge >= 0.3 is 0 Å². The predicted octanol–water partition coefficient (Wildman–Crippen LogP) is 1.44. The maximum absolute atomic E-state index is 12.3. The third-order valence-corrected chi connectivity index (χ3v) is 3.06. The van der Waals surface area contributed by atoms with E-state index in [0.717, 1.165) is 11.2 Å². The van der Waals surface area contributed by atoms with Crippen molar-refractivity contribution in [3.8, 4) is 0 Å². The molecule has 7 heteroatoms. The number of H-pyrrole nitrogens is 1. The smallest absolute Gasteiger partial charge is 0.276 e. The minimum absolute atomic E-state index is 0.294. The number of carbonyl (C=O) groups is 1. The number of aromatic nitrogens is 4. The molecule has 2 aromatic heterocycles. The Morgan fingerprint density at radius 2 is 2.25 bits per heavy atom. The molecule has 1 aromatic carbocycles. The summed E-state index contributed by atoms with van der Waals surface area (Å²) >= 11 is 0. The number of carbonyl (C=O) groups excluding carboxylic acids is 1. The van der Waals surface area contributed by atoms with Crippen molar-refractivity contribution < 1.29 is 4.79 Å². The zero-order chi connectivity index (χ0) is 14.3. The van der Waals surface area contributed by atoms with Crippen molar-refractivity contribution in [2.75, 3.05) is 11.1 Å². The number of hydrogen-bond donors (Lipinski definition) is 3. The largest absolute Gasteiger partial charge is 0.399 e. The van der Waals surface area contributed by atoms with Gasteiger partial charge in [-0.15, -0.1) is 0 Å². The number of aryl methyl sites for hydroxylation is 2. The summed E-state index contributed by atoms with van der Waals surface area (Å²) in [6.07, 6.45) is 1.75. The highest BCUT2D eigenvalue weighted by Gasteiger charge is 2.16. The number of anilines is 2. The van der Waals surface area contributed by atoms with E-state index in [9.17, 15) is 4.79 Å². The molecule has 0 unspecified atom stereocenters. The summed E-state index contributed by atoms with van der Waals surface area (Å²) in [6.45, 7) is 1.83. The van der Waals surface area contributed by atoms with Crippen molar-refractivity contribution in [2.24, 2.45) is 7.05 Å². The monoisotopic (exact) mass is 270 g/mol. The third kappa shape index (κ3) is 1.99. The lowest BCUT2D eigenvalue weighted by Gasteiger charge is -2.01. The molecule has 0 fully saturated rings. The van der Waals surface area contributed by atoms with Gasteiger partial charge in [-0.05, 0) is 25.1 Å². The van der Waals surface area contributed by atoms with E-state index in [-0.39, 0.29) is 5.91 Å². The van der Waals surface area contributed by atoms with Crippen molar-refractivity contribution in [1.82, 2.24) is 20.0 Å². The van der Waals surface area contributed by atoms with E-state index in [2.05, 4.69) is 20.6 Å². The van der Waals surface area contributed by atoms with Crippen LogP contribution in [-0.2, 0) is 7.05 Å². The van der Waals surface area contributed by atoms with Gasteiger partial charge in [0.1, 0.15) is 0 Å². The first-order chi connectivity index (χ1) is 9.54. The first-order valence-electron chi connectivity index (χ1n) is 6.10. The summed E-state index contributed by atoms with van der Waals surface area (Å²) in [6, 6.07) is 5.28. The van der Waals surface area contributed by atoms with Gasteiger partial charge in [-0.25, -0.2) is 0 Å². The molecule has 102 valence electrons. The van der Waals surface area contributed by atoms with Crippen molar-refractivity contribution in [3.63, 3.8) is 0 Å². The highest BCUT2D eigenvalue weighted by atomic mass is 16.2. The number of nitrogens with two attached hydrogens (primary N) is 1. The van der Waals surface area contributed by atoms with Gasteiger partial charge in [0.2, 0.25) is 0 Å². The molecule has 0 spiro atoms. The molecule has 0 radical (unpaired) electrons. The van der Waals surface area contributed by atoms with Crippen LogP contribution in [0.3, 0.4) is 0 Å². The molecule has 0 bridgehead atoms. The van der Waals surface area contributed by atoms with Crippen LogP contribution in [0.25, 0.3) is 10.9 Å². The number of fused-ring (bicyclic) bond motifs is 1. The summed E-state index contributed by atoms with van der Waals surface area (Å²) < 4.78 is 1.64. The van der Waals surface area contributed by atoms with Crippen molar-refractivity contribution in [3.05, 3.63) is 35.8 Å². The van der Waals surface area contributed by atoms with Crippen LogP contribution < -0.4 is 11.1 Å². The first kappa shape index (κ1) is 12.2. The maximum Gasteiger partial charge on any atom is 0.276 e. The number of nitrogens with one attached hydrogen (secondary N) is 2. The Balaban J connectivity index is 1.96. The molecule has 1 amide bonds. The Morgan fingerprint density at radius 1 is 1.45 bits per heavy atom. The molecule has 7 nitrogen and oxygen atoms in total. The van der Waals surface area contributed by atoms with Gasteiger partial charge in [-0.1, -0.05) is 0 Å². The molecule has 2 heterocycles. The van der Waals surface area contributed by atoms with Crippen LogP contribution >= 0.6 is 0 Å². The van der Waals surface area contributed by atoms with Crippen LogP contribution in [0.4, 0.5) is 11.4 Å². The zero-order valence-electron chi connectivity index (χ0n) is 11.1. The maximum atomic E-state index is 12.3. The highest BCUT2D eigenvalue weighted by Crippen LogP contribution is 2.20. The number of hydrogen-bond acceptors (Lipinski definition) is 4. The fraction of sp³-hybridized carbons (Fsp3) is 0.154. The highest BCUT2D eigenvalue weighted by molar-refractivity contribution is 6.11. The summed E-state index contributed by atoms with van der Waals surface area (Å²) in [5.74, 6) is -0.294. The Morgan fingerprint density at radius 3 is 2.95 bits per heavy atom. The van der Waals surface area contributed by atoms with Gasteiger partial charge in [0.25, 0.3) is 5.91 Å². The zero-order valence-corrected chi connectivity index (χ0v) is 11.1. The average Bonchev–Trinajstić information content (AvgIpc) is 2.93. The van der Waals surface area contributed by atoms with Crippen molar-refractivity contribution in [1.29, 1.82) is 0 Å². The van der Waals surface area contributed by atoms with Crippen LogP contribution in [0.15, 0.2) is 24.4 Å².